The van der Waals surface area contributed by atoms with Crippen LogP contribution in [-0.2, 0) is 0 Å². The van der Waals surface area contributed by atoms with Crippen LogP contribution in [-0.4, -0.2) is 36.1 Å². The van der Waals surface area contributed by atoms with E-state index in [1.807, 2.05) is 6.07 Å². The molecule has 1 unspecified atom stereocenters. The molecule has 26 heavy (non-hydrogen) atoms. The number of benzene rings is 1. The lowest BCUT2D eigenvalue weighted by Gasteiger charge is -2.34. The van der Waals surface area contributed by atoms with Gasteiger partial charge in [0.25, 0.3) is 0 Å². The van der Waals surface area contributed by atoms with E-state index in [9.17, 15) is 0 Å². The van der Waals surface area contributed by atoms with Crippen LogP contribution >= 0.6 is 0 Å². The van der Waals surface area contributed by atoms with Crippen molar-refractivity contribution < 1.29 is 4.74 Å². The highest BCUT2D eigenvalue weighted by Crippen LogP contribution is 2.45. The Bertz CT molecular complexity index is 887. The maximum absolute atomic E-state index is 6.70. The summed E-state index contributed by atoms with van der Waals surface area (Å²) in [5, 5.41) is 3.72. The summed E-state index contributed by atoms with van der Waals surface area (Å²) in [6, 6.07) is 9.04. The van der Waals surface area contributed by atoms with Gasteiger partial charge < -0.3 is 15.8 Å². The summed E-state index contributed by atoms with van der Waals surface area (Å²) in [5.74, 6) is 0.776. The number of nitrogens with two attached hydrogens (primary N) is 1. The molecule has 1 aromatic carbocycles. The molecule has 0 spiro atoms. The van der Waals surface area contributed by atoms with Crippen LogP contribution in [0.3, 0.4) is 0 Å². The molecule has 3 heterocycles. The molecule has 1 aromatic heterocycles. The molecule has 2 aliphatic heterocycles. The van der Waals surface area contributed by atoms with Gasteiger partial charge in [-0.25, -0.2) is 0 Å². The maximum Gasteiger partial charge on any atom is 0.145 e. The van der Waals surface area contributed by atoms with Crippen LogP contribution in [0, 0.1) is 0 Å². The van der Waals surface area contributed by atoms with E-state index >= 15 is 0 Å². The zero-order valence-corrected chi connectivity index (χ0v) is 15.0. The van der Waals surface area contributed by atoms with Crippen molar-refractivity contribution in [1.82, 2.24) is 9.88 Å². The molecule has 5 rings (SSSR count). The number of ether oxygens (including phenoxy) is 1. The van der Waals surface area contributed by atoms with Gasteiger partial charge in [0, 0.05) is 42.2 Å². The predicted octanol–water partition coefficient (Wildman–Crippen LogP) is 3.30. The van der Waals surface area contributed by atoms with Gasteiger partial charge in [0.15, 0.2) is 0 Å². The van der Waals surface area contributed by atoms with E-state index in [1.165, 1.54) is 30.5 Å². The van der Waals surface area contributed by atoms with Gasteiger partial charge in [0.05, 0.1) is 25.0 Å². The Morgan fingerprint density at radius 3 is 2.85 bits per heavy atom. The fourth-order valence-corrected chi connectivity index (χ4v) is 4.39. The van der Waals surface area contributed by atoms with E-state index < -0.39 is 0 Å². The van der Waals surface area contributed by atoms with Gasteiger partial charge >= 0.3 is 0 Å². The zero-order chi connectivity index (χ0) is 17.7. The Balaban J connectivity index is 1.54. The number of para-hydroxylation sites is 1. The van der Waals surface area contributed by atoms with Gasteiger partial charge in [0.2, 0.25) is 0 Å². The van der Waals surface area contributed by atoms with Crippen LogP contribution in [0.25, 0.3) is 11.1 Å². The van der Waals surface area contributed by atoms with Gasteiger partial charge in [-0.1, -0.05) is 24.6 Å². The number of hydrogen-bond donors (Lipinski definition) is 2. The van der Waals surface area contributed by atoms with Crippen molar-refractivity contribution in [2.24, 2.45) is 5.73 Å². The van der Waals surface area contributed by atoms with Crippen molar-refractivity contribution in [1.29, 1.82) is 0 Å². The third-order valence-corrected chi connectivity index (χ3v) is 6.09. The van der Waals surface area contributed by atoms with Crippen LogP contribution in [0.1, 0.15) is 30.9 Å². The van der Waals surface area contributed by atoms with Crippen molar-refractivity contribution in [3.8, 4) is 16.9 Å². The molecular formula is C21H24N4O. The Morgan fingerprint density at radius 1 is 1.19 bits per heavy atom. The van der Waals surface area contributed by atoms with Gasteiger partial charge in [-0.15, -0.1) is 0 Å². The molecule has 134 valence electrons. The summed E-state index contributed by atoms with van der Waals surface area (Å²) < 4.78 is 5.53. The first-order chi connectivity index (χ1) is 12.8. The topological polar surface area (TPSA) is 63.4 Å². The van der Waals surface area contributed by atoms with E-state index in [1.54, 1.807) is 19.5 Å². The second-order valence-corrected chi connectivity index (χ2v) is 7.44. The molecular weight excluding hydrogens is 324 g/mol. The van der Waals surface area contributed by atoms with Crippen LogP contribution in [0.15, 0.2) is 47.9 Å². The lowest BCUT2D eigenvalue weighted by Crippen LogP contribution is -2.39. The Kier molecular flexibility index (Phi) is 3.72. The number of nitrogens with one attached hydrogen (secondary N) is 1. The van der Waals surface area contributed by atoms with E-state index in [-0.39, 0.29) is 6.04 Å². The Labute approximate surface area is 153 Å². The molecule has 1 saturated carbocycles. The molecule has 1 aliphatic carbocycles. The van der Waals surface area contributed by atoms with Crippen LogP contribution < -0.4 is 15.8 Å². The van der Waals surface area contributed by atoms with Gasteiger partial charge in [0.1, 0.15) is 5.75 Å². The minimum absolute atomic E-state index is 0.0425. The van der Waals surface area contributed by atoms with Crippen molar-refractivity contribution >= 4 is 5.69 Å². The smallest absolute Gasteiger partial charge is 0.145 e. The average Bonchev–Trinajstić information content (AvgIpc) is 3.03. The van der Waals surface area contributed by atoms with Crippen molar-refractivity contribution in [3.63, 3.8) is 0 Å². The number of anilines is 1. The third kappa shape index (κ3) is 2.35. The molecule has 5 nitrogen and oxygen atoms in total. The number of fused-ring (bicyclic) bond motifs is 1. The molecule has 1 atom stereocenters. The lowest BCUT2D eigenvalue weighted by molar-refractivity contribution is 0.161. The Morgan fingerprint density at radius 2 is 2.08 bits per heavy atom. The van der Waals surface area contributed by atoms with Gasteiger partial charge in [-0.05, 0) is 30.0 Å². The second-order valence-electron chi connectivity index (χ2n) is 7.44. The van der Waals surface area contributed by atoms with Crippen molar-refractivity contribution in [2.75, 3.05) is 25.5 Å². The lowest BCUT2D eigenvalue weighted by atomic mass is 9.89. The molecule has 3 aliphatic rings. The molecule has 0 saturated heterocycles. The van der Waals surface area contributed by atoms with Gasteiger partial charge in [-0.3, -0.25) is 9.88 Å². The number of aromatic nitrogens is 1. The third-order valence-electron chi connectivity index (χ3n) is 6.09. The van der Waals surface area contributed by atoms with Gasteiger partial charge in [-0.2, -0.15) is 0 Å². The molecule has 5 heteroatoms. The SMILES string of the molecule is COc1cnccc1-c1cccc2c1NC1=C(CN(C3CCC3)C1)C2N. The summed E-state index contributed by atoms with van der Waals surface area (Å²) in [4.78, 5) is 6.76. The highest BCUT2D eigenvalue weighted by Gasteiger charge is 2.37. The van der Waals surface area contributed by atoms with E-state index in [0.717, 1.165) is 47.3 Å². The normalized spacial score (nSPS) is 22.5. The molecule has 0 radical (unpaired) electrons. The number of methoxy groups -OCH3 is 1. The van der Waals surface area contributed by atoms with Crippen molar-refractivity contribution in [2.45, 2.75) is 31.3 Å². The highest BCUT2D eigenvalue weighted by molar-refractivity contribution is 5.86. The van der Waals surface area contributed by atoms with Crippen LogP contribution in [0.4, 0.5) is 5.69 Å². The number of hydrogen-bond acceptors (Lipinski definition) is 5. The first-order valence-corrected chi connectivity index (χ1v) is 9.36. The number of pyridine rings is 1. The molecule has 0 amide bonds. The summed E-state index contributed by atoms with van der Waals surface area (Å²) in [5.41, 5.74) is 13.8. The van der Waals surface area contributed by atoms with Crippen LogP contribution in [0.2, 0.25) is 0 Å². The number of rotatable bonds is 3. The average molecular weight is 348 g/mol. The fraction of sp³-hybridized carbons (Fsp3) is 0.381. The minimum Gasteiger partial charge on any atom is -0.494 e. The summed E-state index contributed by atoms with van der Waals surface area (Å²) >= 11 is 0. The second kappa shape index (κ2) is 6.11. The molecule has 3 N–H and O–H groups in total. The minimum atomic E-state index is -0.0425. The summed E-state index contributed by atoms with van der Waals surface area (Å²) in [6.45, 7) is 1.98. The van der Waals surface area contributed by atoms with E-state index in [0.29, 0.717) is 0 Å². The highest BCUT2D eigenvalue weighted by atomic mass is 16.5. The summed E-state index contributed by atoms with van der Waals surface area (Å²) in [6.07, 6.45) is 7.57. The predicted molar refractivity (Wildman–Crippen MR) is 103 cm³/mol. The fourth-order valence-electron chi connectivity index (χ4n) is 4.39. The largest absolute Gasteiger partial charge is 0.494 e. The maximum atomic E-state index is 6.70. The molecule has 1 fully saturated rings. The number of nitrogens with zero attached hydrogens (tertiary/aromatic N) is 2. The van der Waals surface area contributed by atoms with Crippen LogP contribution in [0.5, 0.6) is 5.75 Å². The zero-order valence-electron chi connectivity index (χ0n) is 15.0. The first kappa shape index (κ1) is 15.9. The molecule has 0 bridgehead atoms. The Hall–Kier alpha value is -2.37. The summed E-state index contributed by atoms with van der Waals surface area (Å²) in [7, 11) is 1.68. The molecule has 2 aromatic rings. The first-order valence-electron chi connectivity index (χ1n) is 9.36. The monoisotopic (exact) mass is 348 g/mol. The quantitative estimate of drug-likeness (QED) is 0.891. The van der Waals surface area contributed by atoms with Crippen molar-refractivity contribution in [3.05, 3.63) is 53.5 Å². The van der Waals surface area contributed by atoms with E-state index in [2.05, 4.69) is 33.4 Å². The van der Waals surface area contributed by atoms with E-state index in [4.69, 9.17) is 10.5 Å². The standard InChI is InChI=1S/C21H24N4O/c1-26-19-10-23-9-8-14(19)15-6-3-7-16-20(22)17-11-25(13-4-2-5-13)12-18(17)24-21(15)16/h3,6-10,13,20,24H,2,4-5,11-12,22H2,1H3.